The summed E-state index contributed by atoms with van der Waals surface area (Å²) in [6.45, 7) is 2.19. The smallest absolute Gasteiger partial charge is 0.0540 e. The number of para-hydroxylation sites is 2. The molecule has 56 heavy (non-hydrogen) atoms. The van der Waals surface area contributed by atoms with Crippen LogP contribution >= 0.6 is 0 Å². The first-order valence-electron chi connectivity index (χ1n) is 19.4. The Balaban J connectivity index is 1.29. The molecule has 0 spiro atoms. The largest absolute Gasteiger partial charge is 0.309 e. The first-order valence-corrected chi connectivity index (χ1v) is 19.4. The van der Waals surface area contributed by atoms with Crippen molar-refractivity contribution in [1.82, 2.24) is 0 Å². The molecular formula is C55H37N. The average Bonchev–Trinajstić information content (AvgIpc) is 3.39. The zero-order valence-corrected chi connectivity index (χ0v) is 31.1. The van der Waals surface area contributed by atoms with E-state index in [4.69, 9.17) is 0 Å². The second-order valence-electron chi connectivity index (χ2n) is 14.9. The van der Waals surface area contributed by atoms with Crippen molar-refractivity contribution in [3.8, 4) is 55.6 Å². The molecule has 0 radical (unpaired) electrons. The van der Waals surface area contributed by atoms with Crippen LogP contribution in [0.2, 0.25) is 0 Å². The van der Waals surface area contributed by atoms with Crippen molar-refractivity contribution < 1.29 is 0 Å². The van der Waals surface area contributed by atoms with Crippen LogP contribution in [0.3, 0.4) is 0 Å². The molecule has 0 saturated heterocycles. The minimum atomic E-state index is 1.13. The summed E-state index contributed by atoms with van der Waals surface area (Å²) < 4.78 is 0. The molecule has 1 aliphatic rings. The second-order valence-corrected chi connectivity index (χ2v) is 14.9. The molecule has 10 aromatic carbocycles. The Morgan fingerprint density at radius 2 is 0.839 bits per heavy atom. The Kier molecular flexibility index (Phi) is 7.47. The summed E-state index contributed by atoms with van der Waals surface area (Å²) in [6.07, 6.45) is 0. The Morgan fingerprint density at radius 1 is 0.304 bits per heavy atom. The van der Waals surface area contributed by atoms with Crippen molar-refractivity contribution in [2.24, 2.45) is 0 Å². The highest BCUT2D eigenvalue weighted by Crippen LogP contribution is 2.53. The quantitative estimate of drug-likeness (QED) is 0.164. The summed E-state index contributed by atoms with van der Waals surface area (Å²) >= 11 is 0. The zero-order chi connectivity index (χ0) is 37.2. The van der Waals surface area contributed by atoms with E-state index in [-0.39, 0.29) is 0 Å². The van der Waals surface area contributed by atoms with Crippen LogP contribution in [0.4, 0.5) is 17.1 Å². The van der Waals surface area contributed by atoms with Crippen molar-refractivity contribution in [1.29, 1.82) is 0 Å². The molecule has 10 aromatic rings. The number of rotatable bonds is 4. The molecule has 0 unspecified atom stereocenters. The standard InChI is InChI=1S/C55H37N/c1-36-29-31-42-43-24-13-15-27-51(43)56(52-28-16-14-25-44(52)49(42)33-36)40-30-32-46-50(34-40)41-23-11-12-26-45(41)54-48(38-19-7-3-8-20-38)35-47(37-17-5-2-6-18-37)53(55(46)54)39-21-9-4-10-22-39/h2-35H,1H3. The Hall–Kier alpha value is -7.22. The van der Waals surface area contributed by atoms with Gasteiger partial charge in [0.25, 0.3) is 0 Å². The monoisotopic (exact) mass is 711 g/mol. The Labute approximate surface area is 327 Å². The number of aryl methyl sites for hydroxylation is 1. The highest BCUT2D eigenvalue weighted by Gasteiger charge is 2.27. The molecule has 0 aliphatic carbocycles. The maximum atomic E-state index is 2.48. The summed E-state index contributed by atoms with van der Waals surface area (Å²) in [5.41, 5.74) is 17.1. The highest BCUT2D eigenvalue weighted by atomic mass is 15.1. The van der Waals surface area contributed by atoms with Gasteiger partial charge in [0.05, 0.1) is 11.4 Å². The van der Waals surface area contributed by atoms with Crippen molar-refractivity contribution in [3.63, 3.8) is 0 Å². The van der Waals surface area contributed by atoms with E-state index in [1.165, 1.54) is 105 Å². The lowest BCUT2D eigenvalue weighted by molar-refractivity contribution is 1.30. The van der Waals surface area contributed by atoms with Crippen molar-refractivity contribution in [3.05, 3.63) is 212 Å². The molecule has 1 aliphatic heterocycles. The van der Waals surface area contributed by atoms with Gasteiger partial charge < -0.3 is 4.90 Å². The summed E-state index contributed by atoms with van der Waals surface area (Å²) in [7, 11) is 0. The fraction of sp³-hybridized carbons (Fsp3) is 0.0182. The molecule has 1 heterocycles. The van der Waals surface area contributed by atoms with Gasteiger partial charge in [0.1, 0.15) is 0 Å². The predicted molar refractivity (Wildman–Crippen MR) is 239 cm³/mol. The molecule has 11 rings (SSSR count). The lowest BCUT2D eigenvalue weighted by atomic mass is 9.81. The first-order chi connectivity index (χ1) is 27.7. The van der Waals surface area contributed by atoms with Gasteiger partial charge in [-0.15, -0.1) is 0 Å². The average molecular weight is 712 g/mol. The van der Waals surface area contributed by atoms with Gasteiger partial charge in [0.15, 0.2) is 0 Å². The van der Waals surface area contributed by atoms with Crippen LogP contribution in [0.5, 0.6) is 0 Å². The number of benzene rings is 10. The number of hydrogen-bond acceptors (Lipinski definition) is 1. The first kappa shape index (κ1) is 32.2. The molecule has 1 nitrogen and oxygen atoms in total. The lowest BCUT2D eigenvalue weighted by Gasteiger charge is -2.28. The summed E-state index contributed by atoms with van der Waals surface area (Å²) in [4.78, 5) is 2.48. The minimum absolute atomic E-state index is 1.13. The Morgan fingerprint density at radius 3 is 1.52 bits per heavy atom. The third kappa shape index (κ3) is 5.02. The van der Waals surface area contributed by atoms with Crippen LogP contribution in [0.25, 0.3) is 88.0 Å². The maximum Gasteiger partial charge on any atom is 0.0540 e. The van der Waals surface area contributed by atoms with Gasteiger partial charge in [0.2, 0.25) is 0 Å². The number of fused-ring (bicyclic) bond motifs is 11. The molecule has 0 N–H and O–H groups in total. The zero-order valence-electron chi connectivity index (χ0n) is 31.1. The molecule has 262 valence electrons. The van der Waals surface area contributed by atoms with Crippen molar-refractivity contribution in [2.75, 3.05) is 4.90 Å². The number of nitrogens with zero attached hydrogens (tertiary/aromatic N) is 1. The van der Waals surface area contributed by atoms with Gasteiger partial charge in [-0.3, -0.25) is 0 Å². The van der Waals surface area contributed by atoms with Crippen LogP contribution < -0.4 is 4.90 Å². The SMILES string of the molecule is Cc1ccc2c(c1)-c1ccccc1N(c1ccc3c(c1)c1ccccc1c1c(-c4ccccc4)cc(-c4ccccc4)c(-c4ccccc4)c31)c1ccccc1-2. The van der Waals surface area contributed by atoms with Crippen LogP contribution in [0, 0.1) is 6.92 Å². The molecule has 1 heteroatoms. The third-order valence-electron chi connectivity index (χ3n) is 11.6. The van der Waals surface area contributed by atoms with Gasteiger partial charge >= 0.3 is 0 Å². The molecular weight excluding hydrogens is 675 g/mol. The van der Waals surface area contributed by atoms with Gasteiger partial charge in [-0.1, -0.05) is 181 Å². The molecule has 0 saturated carbocycles. The highest BCUT2D eigenvalue weighted by molar-refractivity contribution is 6.33. The number of hydrogen-bond donors (Lipinski definition) is 0. The third-order valence-corrected chi connectivity index (χ3v) is 11.6. The predicted octanol–water partition coefficient (Wildman–Crippen LogP) is 15.6. The summed E-state index contributed by atoms with van der Waals surface area (Å²) in [5.74, 6) is 0. The van der Waals surface area contributed by atoms with Crippen LogP contribution in [0.15, 0.2) is 206 Å². The van der Waals surface area contributed by atoms with E-state index in [1.54, 1.807) is 0 Å². The van der Waals surface area contributed by atoms with Gasteiger partial charge in [-0.05, 0) is 114 Å². The maximum absolute atomic E-state index is 2.48. The van der Waals surface area contributed by atoms with Crippen molar-refractivity contribution >= 4 is 49.4 Å². The summed E-state index contributed by atoms with van der Waals surface area (Å²) in [6, 6.07) is 76.1. The normalized spacial score (nSPS) is 12.0. The van der Waals surface area contributed by atoms with E-state index in [2.05, 4.69) is 218 Å². The molecule has 0 fully saturated rings. The van der Waals surface area contributed by atoms with Crippen LogP contribution in [-0.4, -0.2) is 0 Å². The van der Waals surface area contributed by atoms with Gasteiger partial charge in [-0.2, -0.15) is 0 Å². The van der Waals surface area contributed by atoms with E-state index in [0.29, 0.717) is 0 Å². The molecule has 0 atom stereocenters. The number of anilines is 3. The lowest BCUT2D eigenvalue weighted by Crippen LogP contribution is -2.10. The van der Waals surface area contributed by atoms with Crippen LogP contribution in [0.1, 0.15) is 5.56 Å². The van der Waals surface area contributed by atoms with E-state index >= 15 is 0 Å². The van der Waals surface area contributed by atoms with E-state index < -0.39 is 0 Å². The van der Waals surface area contributed by atoms with Gasteiger partial charge in [-0.25, -0.2) is 0 Å². The van der Waals surface area contributed by atoms with E-state index in [1.807, 2.05) is 0 Å². The fourth-order valence-electron chi connectivity index (χ4n) is 9.19. The topological polar surface area (TPSA) is 3.24 Å². The Bertz CT molecular complexity index is 3130. The molecule has 0 aromatic heterocycles. The summed E-state index contributed by atoms with van der Waals surface area (Å²) in [5, 5.41) is 7.53. The van der Waals surface area contributed by atoms with E-state index in [9.17, 15) is 0 Å². The fourth-order valence-corrected chi connectivity index (χ4v) is 9.19. The molecule has 0 bridgehead atoms. The minimum Gasteiger partial charge on any atom is -0.309 e. The van der Waals surface area contributed by atoms with Crippen molar-refractivity contribution in [2.45, 2.75) is 6.92 Å². The molecule has 0 amide bonds. The van der Waals surface area contributed by atoms with Crippen LogP contribution in [-0.2, 0) is 0 Å². The van der Waals surface area contributed by atoms with E-state index in [0.717, 1.165) is 5.69 Å². The van der Waals surface area contributed by atoms with Gasteiger partial charge in [0, 0.05) is 16.8 Å². The second kappa shape index (κ2) is 13.0.